The third-order valence-electron chi connectivity index (χ3n) is 2.59. The molecule has 3 rings (SSSR count). The topological polar surface area (TPSA) is 53.4 Å². The molecule has 5 nitrogen and oxygen atoms in total. The average Bonchev–Trinajstić information content (AvgIpc) is 2.75. The summed E-state index contributed by atoms with van der Waals surface area (Å²) in [7, 11) is 0. The second-order valence-electron chi connectivity index (χ2n) is 3.48. The Morgan fingerprint density at radius 2 is 2.19 bits per heavy atom. The van der Waals surface area contributed by atoms with Gasteiger partial charge in [0.25, 0.3) is 0 Å². The van der Waals surface area contributed by atoms with E-state index in [4.69, 9.17) is 9.47 Å². The summed E-state index contributed by atoms with van der Waals surface area (Å²) in [5.41, 5.74) is 0.522. The van der Waals surface area contributed by atoms with Crippen LogP contribution in [0.15, 0.2) is 16.9 Å². The molecule has 0 fully saturated rings. The molecule has 0 aliphatic carbocycles. The number of aromatic nitrogens is 2. The summed E-state index contributed by atoms with van der Waals surface area (Å²) in [4.78, 5) is 11.6. The van der Waals surface area contributed by atoms with Crippen molar-refractivity contribution in [2.45, 2.75) is 13.5 Å². The van der Waals surface area contributed by atoms with Crippen molar-refractivity contribution >= 4 is 10.9 Å². The molecule has 0 N–H and O–H groups in total. The smallest absolute Gasteiger partial charge is 0.231 e. The van der Waals surface area contributed by atoms with E-state index in [2.05, 4.69) is 11.3 Å². The van der Waals surface area contributed by atoms with Crippen molar-refractivity contribution in [3.63, 3.8) is 0 Å². The molecule has 0 bridgehead atoms. The fourth-order valence-corrected chi connectivity index (χ4v) is 1.79. The number of ether oxygens (including phenoxy) is 2. The van der Waals surface area contributed by atoms with Crippen molar-refractivity contribution in [2.24, 2.45) is 0 Å². The van der Waals surface area contributed by atoms with Crippen LogP contribution in [0.5, 0.6) is 11.5 Å². The van der Waals surface area contributed by atoms with E-state index in [0.29, 0.717) is 23.4 Å². The first-order chi connectivity index (χ1) is 7.79. The zero-order valence-electron chi connectivity index (χ0n) is 8.69. The molecular formula is C11H9N2O3. The zero-order chi connectivity index (χ0) is 11.1. The Morgan fingerprint density at radius 3 is 2.94 bits per heavy atom. The molecule has 0 unspecified atom stereocenters. The van der Waals surface area contributed by atoms with Gasteiger partial charge in [0.1, 0.15) is 0 Å². The van der Waals surface area contributed by atoms with Gasteiger partial charge in [0.2, 0.25) is 12.2 Å². The number of fused-ring (bicyclic) bond motifs is 2. The monoisotopic (exact) mass is 217 g/mol. The van der Waals surface area contributed by atoms with Crippen molar-refractivity contribution < 1.29 is 9.47 Å². The summed E-state index contributed by atoms with van der Waals surface area (Å²) in [5, 5.41) is 4.49. The Balaban J connectivity index is 2.42. The maximum atomic E-state index is 11.6. The summed E-state index contributed by atoms with van der Waals surface area (Å²) in [6.45, 7) is 2.82. The molecule has 0 saturated heterocycles. The van der Waals surface area contributed by atoms with Gasteiger partial charge in [-0.3, -0.25) is 9.48 Å². The summed E-state index contributed by atoms with van der Waals surface area (Å²) < 4.78 is 12.2. The summed E-state index contributed by atoms with van der Waals surface area (Å²) in [6, 6.07) is 3.47. The van der Waals surface area contributed by atoms with Crippen molar-refractivity contribution in [2.75, 3.05) is 6.79 Å². The highest BCUT2D eigenvalue weighted by Crippen LogP contribution is 2.34. The van der Waals surface area contributed by atoms with Gasteiger partial charge in [0.05, 0.1) is 10.9 Å². The minimum Gasteiger partial charge on any atom is -0.454 e. The molecule has 0 atom stereocenters. The fourth-order valence-electron chi connectivity index (χ4n) is 1.79. The van der Waals surface area contributed by atoms with Gasteiger partial charge in [0.15, 0.2) is 17.7 Å². The van der Waals surface area contributed by atoms with E-state index in [1.54, 1.807) is 16.8 Å². The normalized spacial score (nSPS) is 13.3. The van der Waals surface area contributed by atoms with E-state index in [1.807, 2.05) is 6.92 Å². The molecule has 5 heteroatoms. The third kappa shape index (κ3) is 1.18. The third-order valence-corrected chi connectivity index (χ3v) is 2.59. The first-order valence-electron chi connectivity index (χ1n) is 5.01. The molecule has 1 aliphatic heterocycles. The number of hydrogen-bond acceptors (Lipinski definition) is 4. The van der Waals surface area contributed by atoms with Crippen molar-refractivity contribution in [1.29, 1.82) is 0 Å². The number of hydrogen-bond donors (Lipinski definition) is 0. The molecule has 1 aromatic carbocycles. The molecule has 2 aromatic rings. The van der Waals surface area contributed by atoms with Crippen LogP contribution in [0.3, 0.4) is 0 Å². The van der Waals surface area contributed by atoms with E-state index in [0.717, 1.165) is 5.52 Å². The van der Waals surface area contributed by atoms with Gasteiger partial charge in [-0.25, -0.2) is 0 Å². The molecule has 1 aliphatic rings. The van der Waals surface area contributed by atoms with Crippen molar-refractivity contribution in [1.82, 2.24) is 9.78 Å². The lowest BCUT2D eigenvalue weighted by Gasteiger charge is -2.06. The second kappa shape index (κ2) is 3.23. The molecule has 0 spiro atoms. The largest absolute Gasteiger partial charge is 0.454 e. The van der Waals surface area contributed by atoms with Gasteiger partial charge in [-0.2, -0.15) is 5.10 Å². The quantitative estimate of drug-likeness (QED) is 0.713. The van der Waals surface area contributed by atoms with Crippen LogP contribution in [0.1, 0.15) is 6.92 Å². The first kappa shape index (κ1) is 9.21. The minimum absolute atomic E-state index is 0.198. The van der Waals surface area contributed by atoms with Crippen LogP contribution in [0.2, 0.25) is 0 Å². The van der Waals surface area contributed by atoms with Crippen LogP contribution in [0.4, 0.5) is 0 Å². The highest BCUT2D eigenvalue weighted by atomic mass is 16.7. The average molecular weight is 217 g/mol. The van der Waals surface area contributed by atoms with Crippen LogP contribution in [-0.2, 0) is 6.54 Å². The van der Waals surface area contributed by atoms with E-state index < -0.39 is 0 Å². The molecule has 81 valence electrons. The van der Waals surface area contributed by atoms with E-state index in [9.17, 15) is 4.79 Å². The Bertz CT molecular complexity index is 618. The van der Waals surface area contributed by atoms with Gasteiger partial charge in [-0.1, -0.05) is 0 Å². The molecule has 1 aromatic heterocycles. The number of nitrogens with zero attached hydrogens (tertiary/aromatic N) is 2. The Morgan fingerprint density at radius 1 is 1.44 bits per heavy atom. The summed E-state index contributed by atoms with van der Waals surface area (Å²) >= 11 is 0. The van der Waals surface area contributed by atoms with Crippen LogP contribution in [-0.4, -0.2) is 16.6 Å². The molecule has 0 amide bonds. The lowest BCUT2D eigenvalue weighted by molar-refractivity contribution is 0.174. The maximum absolute atomic E-state index is 11.6. The maximum Gasteiger partial charge on any atom is 0.231 e. The zero-order valence-corrected chi connectivity index (χ0v) is 8.69. The number of aryl methyl sites for hydroxylation is 1. The Kier molecular flexibility index (Phi) is 1.86. The second-order valence-corrected chi connectivity index (χ2v) is 3.48. The predicted molar refractivity (Wildman–Crippen MR) is 56.6 cm³/mol. The highest BCUT2D eigenvalue weighted by molar-refractivity contribution is 5.82. The molecule has 0 saturated carbocycles. The molecule has 1 radical (unpaired) electrons. The molecule has 2 heterocycles. The van der Waals surface area contributed by atoms with Gasteiger partial charge >= 0.3 is 0 Å². The van der Waals surface area contributed by atoms with Gasteiger partial charge in [0, 0.05) is 12.6 Å². The first-order valence-corrected chi connectivity index (χ1v) is 5.01. The van der Waals surface area contributed by atoms with Gasteiger partial charge < -0.3 is 9.47 Å². The predicted octanol–water partition coefficient (Wildman–Crippen LogP) is 0.945. The molecule has 16 heavy (non-hydrogen) atoms. The van der Waals surface area contributed by atoms with Crippen LogP contribution in [0.25, 0.3) is 10.9 Å². The van der Waals surface area contributed by atoms with Crippen molar-refractivity contribution in [3.05, 3.63) is 28.6 Å². The fraction of sp³-hybridized carbons (Fsp3) is 0.273. The van der Waals surface area contributed by atoms with E-state index in [-0.39, 0.29) is 12.2 Å². The van der Waals surface area contributed by atoms with Crippen molar-refractivity contribution in [3.8, 4) is 11.5 Å². The highest BCUT2D eigenvalue weighted by Gasteiger charge is 2.16. The van der Waals surface area contributed by atoms with E-state index >= 15 is 0 Å². The van der Waals surface area contributed by atoms with Crippen LogP contribution >= 0.6 is 0 Å². The number of benzene rings is 1. The summed E-state index contributed by atoms with van der Waals surface area (Å²) in [5.74, 6) is 1.26. The summed E-state index contributed by atoms with van der Waals surface area (Å²) in [6.07, 6.45) is 2.45. The lowest BCUT2D eigenvalue weighted by atomic mass is 10.2. The number of rotatable bonds is 1. The Hall–Kier alpha value is -2.04. The van der Waals surface area contributed by atoms with Crippen LogP contribution < -0.4 is 14.9 Å². The van der Waals surface area contributed by atoms with Crippen LogP contribution in [0, 0.1) is 6.20 Å². The van der Waals surface area contributed by atoms with Gasteiger partial charge in [-0.15, -0.1) is 0 Å². The standard InChI is InChI=1S/C11H9N2O3/c1-2-13-8-4-11-10(15-6-16-11)3-7(8)9(14)5-12-13/h3-4H,2,6H2,1H3. The Labute approximate surface area is 91.2 Å². The lowest BCUT2D eigenvalue weighted by Crippen LogP contribution is -2.11. The van der Waals surface area contributed by atoms with E-state index in [1.165, 1.54) is 0 Å². The minimum atomic E-state index is -0.224. The molecular weight excluding hydrogens is 208 g/mol. The SMILES string of the molecule is CCn1n[c]c(=O)c2cc3c(cc21)OCO3. The van der Waals surface area contributed by atoms with Gasteiger partial charge in [-0.05, 0) is 13.0 Å².